The van der Waals surface area contributed by atoms with E-state index in [1.807, 2.05) is 34.6 Å². The minimum atomic E-state index is -0.368. The summed E-state index contributed by atoms with van der Waals surface area (Å²) in [6.45, 7) is 11.9. The molecule has 148 valence electrons. The number of ether oxygens (including phenoxy) is 2. The van der Waals surface area contributed by atoms with Gasteiger partial charge in [0, 0.05) is 38.3 Å². The molecule has 0 saturated carbocycles. The largest absolute Gasteiger partial charge is 0.376 e. The fraction of sp³-hybridized carbons (Fsp3) is 0.737. The Kier molecular flexibility index (Phi) is 8.43. The molecule has 0 aromatic rings. The number of carbonyl (C=O) groups excluding carboxylic acids is 3. The van der Waals surface area contributed by atoms with Crippen LogP contribution >= 0.6 is 0 Å². The third-order valence-corrected chi connectivity index (χ3v) is 4.24. The molecule has 26 heavy (non-hydrogen) atoms. The van der Waals surface area contributed by atoms with E-state index in [-0.39, 0.29) is 41.9 Å². The molecule has 0 bridgehead atoms. The van der Waals surface area contributed by atoms with Gasteiger partial charge in [0.05, 0.1) is 17.8 Å². The highest BCUT2D eigenvalue weighted by Crippen LogP contribution is 2.19. The molecule has 0 saturated heterocycles. The van der Waals surface area contributed by atoms with Gasteiger partial charge in [0.25, 0.3) is 11.8 Å². The average Bonchev–Trinajstić information content (AvgIpc) is 2.83. The monoisotopic (exact) mass is 368 g/mol. The summed E-state index contributed by atoms with van der Waals surface area (Å²) in [6, 6.07) is 0. The van der Waals surface area contributed by atoms with E-state index in [4.69, 9.17) is 9.47 Å². The van der Waals surface area contributed by atoms with Crippen molar-refractivity contribution in [3.8, 4) is 0 Å². The van der Waals surface area contributed by atoms with Gasteiger partial charge in [-0.05, 0) is 47.5 Å². The van der Waals surface area contributed by atoms with E-state index >= 15 is 0 Å². The predicted octanol–water partition coefficient (Wildman–Crippen LogP) is 1.81. The third kappa shape index (κ3) is 8.10. The zero-order chi connectivity index (χ0) is 19.8. The summed E-state index contributed by atoms with van der Waals surface area (Å²) in [5.41, 5.74) is -0.571. The van der Waals surface area contributed by atoms with Crippen molar-refractivity contribution in [1.82, 2.24) is 10.2 Å². The van der Waals surface area contributed by atoms with E-state index in [1.165, 1.54) is 12.2 Å². The van der Waals surface area contributed by atoms with Crippen LogP contribution in [0.25, 0.3) is 0 Å². The maximum atomic E-state index is 11.9. The Balaban J connectivity index is 2.21. The Bertz CT molecular complexity index is 522. The Hall–Kier alpha value is -1.73. The average molecular weight is 368 g/mol. The van der Waals surface area contributed by atoms with Gasteiger partial charge in [0.2, 0.25) is 5.91 Å². The molecule has 0 aliphatic carbocycles. The lowest BCUT2D eigenvalue weighted by atomic mass is 10.0. The van der Waals surface area contributed by atoms with Crippen LogP contribution in [0.15, 0.2) is 12.2 Å². The van der Waals surface area contributed by atoms with Crippen LogP contribution in [0.4, 0.5) is 0 Å². The Morgan fingerprint density at radius 3 is 2.19 bits per heavy atom. The van der Waals surface area contributed by atoms with Gasteiger partial charge >= 0.3 is 0 Å². The Morgan fingerprint density at radius 2 is 1.62 bits per heavy atom. The summed E-state index contributed by atoms with van der Waals surface area (Å²) in [6.07, 6.45) is 3.99. The fourth-order valence-electron chi connectivity index (χ4n) is 2.56. The molecule has 1 heterocycles. The number of imide groups is 1. The quantitative estimate of drug-likeness (QED) is 0.531. The van der Waals surface area contributed by atoms with E-state index in [1.54, 1.807) is 0 Å². The summed E-state index contributed by atoms with van der Waals surface area (Å²) < 4.78 is 11.6. The highest BCUT2D eigenvalue weighted by atomic mass is 16.5. The molecule has 0 radical (unpaired) electrons. The molecule has 7 nitrogen and oxygen atoms in total. The van der Waals surface area contributed by atoms with Crippen LogP contribution in [0, 0.1) is 0 Å². The molecule has 0 aromatic heterocycles. The van der Waals surface area contributed by atoms with Gasteiger partial charge < -0.3 is 14.8 Å². The number of nitrogens with one attached hydrogen (secondary N) is 1. The maximum Gasteiger partial charge on any atom is 0.253 e. The lowest BCUT2D eigenvalue weighted by Gasteiger charge is -2.29. The first-order valence-corrected chi connectivity index (χ1v) is 9.14. The summed E-state index contributed by atoms with van der Waals surface area (Å²) in [5.74, 6) is -0.926. The van der Waals surface area contributed by atoms with Crippen molar-refractivity contribution in [3.63, 3.8) is 0 Å². The molecule has 3 amide bonds. The molecule has 1 aliphatic rings. The molecule has 7 heteroatoms. The summed E-state index contributed by atoms with van der Waals surface area (Å²) in [7, 11) is 0. The molecule has 1 aliphatic heterocycles. The zero-order valence-corrected chi connectivity index (χ0v) is 16.6. The second-order valence-corrected chi connectivity index (χ2v) is 7.56. The molecular weight excluding hydrogens is 336 g/mol. The summed E-state index contributed by atoms with van der Waals surface area (Å²) >= 11 is 0. The number of amides is 3. The molecule has 0 atom stereocenters. The van der Waals surface area contributed by atoms with Crippen molar-refractivity contribution in [1.29, 1.82) is 0 Å². The zero-order valence-electron chi connectivity index (χ0n) is 16.6. The first kappa shape index (κ1) is 22.3. The number of carbonyl (C=O) groups is 3. The van der Waals surface area contributed by atoms with Crippen molar-refractivity contribution in [3.05, 3.63) is 12.2 Å². The van der Waals surface area contributed by atoms with Gasteiger partial charge in [-0.2, -0.15) is 0 Å². The van der Waals surface area contributed by atoms with Crippen molar-refractivity contribution in [2.45, 2.75) is 65.1 Å². The fourth-order valence-corrected chi connectivity index (χ4v) is 2.56. The van der Waals surface area contributed by atoms with Crippen LogP contribution in [0.2, 0.25) is 0 Å². The number of hydrogen-bond acceptors (Lipinski definition) is 5. The lowest BCUT2D eigenvalue weighted by molar-refractivity contribution is -0.137. The van der Waals surface area contributed by atoms with Crippen LogP contribution in [0.1, 0.15) is 53.9 Å². The van der Waals surface area contributed by atoms with Crippen LogP contribution in [-0.4, -0.2) is 60.1 Å². The number of hydrogen-bond donors (Lipinski definition) is 1. The maximum absolute atomic E-state index is 11.9. The smallest absolute Gasteiger partial charge is 0.253 e. The molecule has 0 spiro atoms. The summed E-state index contributed by atoms with van der Waals surface area (Å²) in [5, 5.41) is 2.81. The van der Waals surface area contributed by atoms with Crippen molar-refractivity contribution in [2.24, 2.45) is 0 Å². The van der Waals surface area contributed by atoms with E-state index in [0.29, 0.717) is 26.2 Å². The van der Waals surface area contributed by atoms with Gasteiger partial charge in [0.1, 0.15) is 0 Å². The highest BCUT2D eigenvalue weighted by Gasteiger charge is 2.24. The van der Waals surface area contributed by atoms with E-state index in [9.17, 15) is 14.4 Å². The minimum absolute atomic E-state index is 0.100. The van der Waals surface area contributed by atoms with Crippen LogP contribution in [-0.2, 0) is 23.9 Å². The lowest BCUT2D eigenvalue weighted by Crippen LogP contribution is -2.37. The molecular formula is C19H32N2O5. The van der Waals surface area contributed by atoms with Crippen LogP contribution in [0.5, 0.6) is 0 Å². The highest BCUT2D eigenvalue weighted by molar-refractivity contribution is 6.13. The molecule has 1 N–H and O–H groups in total. The van der Waals surface area contributed by atoms with Gasteiger partial charge in [-0.3, -0.25) is 19.3 Å². The molecule has 1 rings (SSSR count). The second kappa shape index (κ2) is 9.83. The van der Waals surface area contributed by atoms with E-state index in [0.717, 1.165) is 11.3 Å². The number of nitrogens with zero attached hydrogens (tertiary/aromatic N) is 1. The van der Waals surface area contributed by atoms with Crippen molar-refractivity contribution in [2.75, 3.05) is 26.3 Å². The van der Waals surface area contributed by atoms with Gasteiger partial charge in [-0.15, -0.1) is 0 Å². The third-order valence-electron chi connectivity index (χ3n) is 4.24. The standard InChI is InChI=1S/C19H32N2O5/c1-6-25-19(4,5)11-14-26-18(2,3)10-12-20-15(22)9-13-21-16(23)7-8-17(21)24/h7-8H,6,9-14H2,1-5H3,(H,20,22). The Morgan fingerprint density at radius 1 is 1.04 bits per heavy atom. The van der Waals surface area contributed by atoms with Crippen molar-refractivity contribution >= 4 is 17.7 Å². The first-order valence-electron chi connectivity index (χ1n) is 9.14. The van der Waals surface area contributed by atoms with Gasteiger partial charge in [-0.1, -0.05) is 0 Å². The van der Waals surface area contributed by atoms with Crippen molar-refractivity contribution < 1.29 is 23.9 Å². The first-order chi connectivity index (χ1) is 12.1. The minimum Gasteiger partial charge on any atom is -0.376 e. The van der Waals surface area contributed by atoms with Crippen LogP contribution < -0.4 is 5.32 Å². The predicted molar refractivity (Wildman–Crippen MR) is 98.5 cm³/mol. The topological polar surface area (TPSA) is 84.9 Å². The number of rotatable bonds is 12. The second-order valence-electron chi connectivity index (χ2n) is 7.56. The van der Waals surface area contributed by atoms with Gasteiger partial charge in [0.15, 0.2) is 0 Å². The van der Waals surface area contributed by atoms with E-state index < -0.39 is 0 Å². The SMILES string of the molecule is CCOC(C)(C)CCOC(C)(C)CCNC(=O)CCN1C(=O)C=CC1=O. The molecule has 0 unspecified atom stereocenters. The normalized spacial score (nSPS) is 15.0. The van der Waals surface area contributed by atoms with E-state index in [2.05, 4.69) is 5.32 Å². The van der Waals surface area contributed by atoms with Crippen LogP contribution in [0.3, 0.4) is 0 Å². The Labute approximate surface area is 156 Å². The molecule has 0 aromatic carbocycles. The van der Waals surface area contributed by atoms with Gasteiger partial charge in [-0.25, -0.2) is 0 Å². The summed E-state index contributed by atoms with van der Waals surface area (Å²) in [4.78, 5) is 35.8. The molecule has 0 fully saturated rings.